The molecule has 0 aliphatic heterocycles. The van der Waals surface area contributed by atoms with Crippen LogP contribution in [0.25, 0.3) is 0 Å². The van der Waals surface area contributed by atoms with Crippen molar-refractivity contribution in [2.24, 2.45) is 0 Å². The van der Waals surface area contributed by atoms with Crippen molar-refractivity contribution in [2.75, 3.05) is 23.7 Å². The van der Waals surface area contributed by atoms with Crippen molar-refractivity contribution in [1.82, 2.24) is 15.3 Å². The van der Waals surface area contributed by atoms with E-state index in [1.54, 1.807) is 6.92 Å². The summed E-state index contributed by atoms with van der Waals surface area (Å²) in [4.78, 5) is 20.5. The summed E-state index contributed by atoms with van der Waals surface area (Å²) in [6, 6.07) is 0.0384. The molecular formula is C11H18FN5O. The maximum atomic E-state index is 13.6. The number of carbonyl (C=O) groups excluding carboxylic acids is 1. The zero-order valence-corrected chi connectivity index (χ0v) is 10.8. The first-order valence-electron chi connectivity index (χ1n) is 5.76. The number of likely N-dealkylation sites (N-methyl/N-ethyl adjacent to an activating group) is 1. The smallest absolute Gasteiger partial charge is 0.239 e. The highest BCUT2D eigenvalue weighted by molar-refractivity contribution is 5.81. The van der Waals surface area contributed by atoms with Gasteiger partial charge in [-0.15, -0.1) is 0 Å². The zero-order valence-electron chi connectivity index (χ0n) is 10.8. The second-order valence-electron chi connectivity index (χ2n) is 4.14. The predicted molar refractivity (Wildman–Crippen MR) is 67.6 cm³/mol. The Bertz CT molecular complexity index is 424. The normalized spacial score (nSPS) is 10.5. The van der Waals surface area contributed by atoms with Gasteiger partial charge in [-0.05, 0) is 20.8 Å². The molecule has 7 heteroatoms. The minimum absolute atomic E-state index is 0.0193. The third kappa shape index (κ3) is 3.83. The van der Waals surface area contributed by atoms with Gasteiger partial charge in [0.2, 0.25) is 11.9 Å². The largest absolute Gasteiger partial charge is 0.368 e. The van der Waals surface area contributed by atoms with E-state index in [1.165, 1.54) is 4.90 Å². The second-order valence-corrected chi connectivity index (χ2v) is 4.14. The van der Waals surface area contributed by atoms with Crippen LogP contribution in [0.1, 0.15) is 20.8 Å². The van der Waals surface area contributed by atoms with Crippen molar-refractivity contribution in [3.63, 3.8) is 0 Å². The Morgan fingerprint density at radius 1 is 1.61 bits per heavy atom. The van der Waals surface area contributed by atoms with Gasteiger partial charge in [-0.2, -0.15) is 4.98 Å². The third-order valence-electron chi connectivity index (χ3n) is 2.21. The molecule has 0 radical (unpaired) electrons. The van der Waals surface area contributed by atoms with E-state index in [1.807, 2.05) is 13.8 Å². The van der Waals surface area contributed by atoms with Crippen LogP contribution in [0.5, 0.6) is 0 Å². The topological polar surface area (TPSA) is 84.1 Å². The number of halogens is 1. The van der Waals surface area contributed by atoms with Gasteiger partial charge >= 0.3 is 0 Å². The molecule has 100 valence electrons. The molecule has 0 aliphatic rings. The molecule has 0 unspecified atom stereocenters. The molecule has 0 spiro atoms. The molecule has 1 aromatic rings. The fraction of sp³-hybridized carbons (Fsp3) is 0.545. The number of amides is 1. The summed E-state index contributed by atoms with van der Waals surface area (Å²) in [7, 11) is 0. The van der Waals surface area contributed by atoms with Crippen molar-refractivity contribution in [1.29, 1.82) is 0 Å². The zero-order chi connectivity index (χ0) is 13.7. The van der Waals surface area contributed by atoms with Gasteiger partial charge in [0, 0.05) is 12.6 Å². The van der Waals surface area contributed by atoms with E-state index in [4.69, 9.17) is 5.73 Å². The summed E-state index contributed by atoms with van der Waals surface area (Å²) in [6.07, 6.45) is 1.00. The average molecular weight is 255 g/mol. The average Bonchev–Trinajstić information content (AvgIpc) is 2.28. The van der Waals surface area contributed by atoms with Gasteiger partial charge in [0.1, 0.15) is 0 Å². The SMILES string of the molecule is CCN(CC(=O)NC(C)C)c1nc(N)ncc1F. The Morgan fingerprint density at radius 2 is 2.28 bits per heavy atom. The Morgan fingerprint density at radius 3 is 2.83 bits per heavy atom. The maximum Gasteiger partial charge on any atom is 0.239 e. The monoisotopic (exact) mass is 255 g/mol. The number of rotatable bonds is 5. The summed E-state index contributed by atoms with van der Waals surface area (Å²) in [5.41, 5.74) is 5.42. The maximum absolute atomic E-state index is 13.6. The summed E-state index contributed by atoms with van der Waals surface area (Å²) in [6.45, 7) is 6.00. The van der Waals surface area contributed by atoms with E-state index in [2.05, 4.69) is 15.3 Å². The minimum Gasteiger partial charge on any atom is -0.368 e. The Kier molecular flexibility index (Phi) is 4.82. The molecule has 0 saturated carbocycles. The Labute approximate surface area is 105 Å². The van der Waals surface area contributed by atoms with E-state index in [9.17, 15) is 9.18 Å². The molecule has 6 nitrogen and oxygen atoms in total. The first-order valence-corrected chi connectivity index (χ1v) is 5.76. The molecule has 0 fully saturated rings. The van der Waals surface area contributed by atoms with Crippen molar-refractivity contribution in [2.45, 2.75) is 26.8 Å². The van der Waals surface area contributed by atoms with Crippen LogP contribution in [0.4, 0.5) is 16.2 Å². The molecule has 3 N–H and O–H groups in total. The lowest BCUT2D eigenvalue weighted by Crippen LogP contribution is -2.40. The predicted octanol–water partition coefficient (Wildman–Crippen LogP) is 0.549. The van der Waals surface area contributed by atoms with E-state index < -0.39 is 5.82 Å². The lowest BCUT2D eigenvalue weighted by Gasteiger charge is -2.22. The van der Waals surface area contributed by atoms with Crippen molar-refractivity contribution in [3.05, 3.63) is 12.0 Å². The van der Waals surface area contributed by atoms with Gasteiger partial charge in [-0.1, -0.05) is 0 Å². The molecule has 1 heterocycles. The molecule has 0 aliphatic carbocycles. The molecular weight excluding hydrogens is 237 g/mol. The van der Waals surface area contributed by atoms with Crippen LogP contribution < -0.4 is 16.0 Å². The molecule has 0 atom stereocenters. The molecule has 0 bridgehead atoms. The Hall–Kier alpha value is -1.92. The van der Waals surface area contributed by atoms with Crippen molar-refractivity contribution < 1.29 is 9.18 Å². The number of nitrogens with zero attached hydrogens (tertiary/aromatic N) is 3. The number of hydrogen-bond donors (Lipinski definition) is 2. The van der Waals surface area contributed by atoms with Crippen LogP contribution in [0.2, 0.25) is 0 Å². The molecule has 0 saturated heterocycles. The quantitative estimate of drug-likeness (QED) is 0.802. The lowest BCUT2D eigenvalue weighted by molar-refractivity contribution is -0.120. The van der Waals surface area contributed by atoms with Crippen molar-refractivity contribution in [3.8, 4) is 0 Å². The van der Waals surface area contributed by atoms with Gasteiger partial charge in [0.15, 0.2) is 11.6 Å². The number of nitrogens with two attached hydrogens (primary N) is 1. The van der Waals surface area contributed by atoms with Crippen LogP contribution in [-0.4, -0.2) is 35.0 Å². The first kappa shape index (κ1) is 14.1. The number of aromatic nitrogens is 2. The van der Waals surface area contributed by atoms with E-state index >= 15 is 0 Å². The number of nitrogens with one attached hydrogen (secondary N) is 1. The molecule has 1 rings (SSSR count). The highest BCUT2D eigenvalue weighted by atomic mass is 19.1. The lowest BCUT2D eigenvalue weighted by atomic mass is 10.3. The highest BCUT2D eigenvalue weighted by Crippen LogP contribution is 2.15. The molecule has 0 aromatic carbocycles. The van der Waals surface area contributed by atoms with Gasteiger partial charge in [-0.25, -0.2) is 9.37 Å². The summed E-state index contributed by atoms with van der Waals surface area (Å²) < 4.78 is 13.6. The Balaban J connectivity index is 2.83. The fourth-order valence-corrected chi connectivity index (χ4v) is 1.47. The van der Waals surface area contributed by atoms with Gasteiger partial charge < -0.3 is 16.0 Å². The third-order valence-corrected chi connectivity index (χ3v) is 2.21. The number of hydrogen-bond acceptors (Lipinski definition) is 5. The molecule has 18 heavy (non-hydrogen) atoms. The minimum atomic E-state index is -0.594. The fourth-order valence-electron chi connectivity index (χ4n) is 1.47. The first-order chi connectivity index (χ1) is 8.43. The van der Waals surface area contributed by atoms with Crippen molar-refractivity contribution >= 4 is 17.7 Å². The van der Waals surface area contributed by atoms with E-state index in [0.717, 1.165) is 6.20 Å². The summed E-state index contributed by atoms with van der Waals surface area (Å²) in [5.74, 6) is -0.759. The van der Waals surface area contributed by atoms with Gasteiger partial charge in [0.25, 0.3) is 0 Å². The highest BCUT2D eigenvalue weighted by Gasteiger charge is 2.16. The molecule has 1 aromatic heterocycles. The number of carbonyl (C=O) groups is 1. The van der Waals surface area contributed by atoms with Gasteiger partial charge in [0.05, 0.1) is 12.7 Å². The van der Waals surface area contributed by atoms with E-state index in [0.29, 0.717) is 6.54 Å². The van der Waals surface area contributed by atoms with Crippen LogP contribution >= 0.6 is 0 Å². The van der Waals surface area contributed by atoms with Crippen LogP contribution in [0.3, 0.4) is 0 Å². The molecule has 1 amide bonds. The van der Waals surface area contributed by atoms with Crippen LogP contribution in [0, 0.1) is 5.82 Å². The summed E-state index contributed by atoms with van der Waals surface area (Å²) >= 11 is 0. The summed E-state index contributed by atoms with van der Waals surface area (Å²) in [5, 5.41) is 2.73. The number of anilines is 2. The van der Waals surface area contributed by atoms with Gasteiger partial charge in [-0.3, -0.25) is 4.79 Å². The van der Waals surface area contributed by atoms with Crippen LogP contribution in [0.15, 0.2) is 6.20 Å². The standard InChI is InChI=1S/C11H18FN5O/c1-4-17(6-9(18)15-7(2)3)10-8(12)5-14-11(13)16-10/h5,7H,4,6H2,1-3H3,(H,15,18)(H2,13,14,16). The van der Waals surface area contributed by atoms with E-state index in [-0.39, 0.29) is 30.3 Å². The second kappa shape index (κ2) is 6.13. The number of nitrogen functional groups attached to an aromatic ring is 1. The van der Waals surface area contributed by atoms with Crippen LogP contribution in [-0.2, 0) is 4.79 Å².